The minimum absolute atomic E-state index is 0.0351. The highest BCUT2D eigenvalue weighted by atomic mass is 35.5. The van der Waals surface area contributed by atoms with E-state index in [0.717, 1.165) is 16.1 Å². The number of carbonyl (C=O) groups excluding carboxylic acids is 2. The summed E-state index contributed by atoms with van der Waals surface area (Å²) in [5.74, 6) is -0.933. The Labute approximate surface area is 250 Å². The summed E-state index contributed by atoms with van der Waals surface area (Å²) in [5, 5.41) is 10.2. The van der Waals surface area contributed by atoms with Gasteiger partial charge in [-0.15, -0.1) is 10.2 Å². The minimum Gasteiger partial charge on any atom is -0.450 e. The van der Waals surface area contributed by atoms with Gasteiger partial charge in [0.2, 0.25) is 10.9 Å². The Hall–Kier alpha value is -4.34. The van der Waals surface area contributed by atoms with Crippen molar-refractivity contribution in [2.45, 2.75) is 39.3 Å². The van der Waals surface area contributed by atoms with E-state index >= 15 is 0 Å². The first kappa shape index (κ1) is 26.6. The SMILES string of the molecule is Cc1cccc(CN2C(=O)C3(c4ccccc42)c2c(oc4ccc(Cl)cc4c2=O)C(=O)N3c2nnc(CC(C)C)s2)c1. The molecule has 10 heteroatoms. The lowest BCUT2D eigenvalue weighted by molar-refractivity contribution is -0.121. The second-order valence-electron chi connectivity index (χ2n) is 11.1. The quantitative estimate of drug-likeness (QED) is 0.238. The third-order valence-electron chi connectivity index (χ3n) is 7.74. The fourth-order valence-electron chi connectivity index (χ4n) is 6.05. The number of aromatic nitrogens is 2. The van der Waals surface area contributed by atoms with Crippen molar-refractivity contribution in [3.63, 3.8) is 0 Å². The summed E-state index contributed by atoms with van der Waals surface area (Å²) in [5.41, 5.74) is 0.930. The standard InChI is InChI=1S/C32H25ClN4O4S/c1-17(2)13-25-34-35-31(42-25)37-29(39)28-26(27(38)21-15-20(33)11-12-24(21)41-28)32(37)22-9-4-5-10-23(22)36(30(32)40)16-19-8-6-7-18(3)14-19/h4-12,14-15,17H,13,16H2,1-3H3. The summed E-state index contributed by atoms with van der Waals surface area (Å²) >= 11 is 7.51. The summed E-state index contributed by atoms with van der Waals surface area (Å²) < 4.78 is 6.13. The van der Waals surface area contributed by atoms with E-state index in [1.165, 1.54) is 22.3 Å². The van der Waals surface area contributed by atoms with Crippen molar-refractivity contribution >= 4 is 56.5 Å². The lowest BCUT2D eigenvalue weighted by Gasteiger charge is -2.32. The number of rotatable bonds is 5. The Balaban J connectivity index is 1.53. The van der Waals surface area contributed by atoms with Crippen LogP contribution in [0.4, 0.5) is 10.8 Å². The third-order valence-corrected chi connectivity index (χ3v) is 8.91. The average molecular weight is 597 g/mol. The second kappa shape index (κ2) is 9.61. The first-order valence-electron chi connectivity index (χ1n) is 13.6. The molecule has 2 aromatic heterocycles. The van der Waals surface area contributed by atoms with Gasteiger partial charge in [-0.25, -0.2) is 0 Å². The molecule has 1 unspecified atom stereocenters. The summed E-state index contributed by atoms with van der Waals surface area (Å²) in [6.45, 7) is 6.37. The van der Waals surface area contributed by atoms with E-state index in [9.17, 15) is 14.4 Å². The molecule has 1 spiro atoms. The van der Waals surface area contributed by atoms with E-state index in [1.807, 2.05) is 43.3 Å². The molecule has 0 bridgehead atoms. The smallest absolute Gasteiger partial charge is 0.297 e. The normalized spacial score (nSPS) is 17.6. The Morgan fingerprint density at radius 1 is 1.00 bits per heavy atom. The molecule has 7 rings (SSSR count). The van der Waals surface area contributed by atoms with Gasteiger partial charge in [-0.2, -0.15) is 0 Å². The Kier molecular flexibility index (Phi) is 6.07. The predicted molar refractivity (Wildman–Crippen MR) is 162 cm³/mol. The number of fused-ring (bicyclic) bond motifs is 5. The molecule has 3 aromatic carbocycles. The molecule has 0 aliphatic carbocycles. The number of hydrogen-bond acceptors (Lipinski definition) is 7. The van der Waals surface area contributed by atoms with Gasteiger partial charge in [-0.05, 0) is 42.7 Å². The van der Waals surface area contributed by atoms with E-state index in [0.29, 0.717) is 28.6 Å². The maximum atomic E-state index is 15.0. The van der Waals surface area contributed by atoms with Crippen LogP contribution in [0.3, 0.4) is 0 Å². The largest absolute Gasteiger partial charge is 0.450 e. The minimum atomic E-state index is -1.83. The van der Waals surface area contributed by atoms with Crippen molar-refractivity contribution in [3.8, 4) is 0 Å². The van der Waals surface area contributed by atoms with Crippen LogP contribution in [0.1, 0.15) is 51.7 Å². The van der Waals surface area contributed by atoms with E-state index in [2.05, 4.69) is 24.0 Å². The Bertz CT molecular complexity index is 2000. The van der Waals surface area contributed by atoms with Crippen LogP contribution in [0.15, 0.2) is 75.9 Å². The van der Waals surface area contributed by atoms with Crippen molar-refractivity contribution in [1.29, 1.82) is 0 Å². The summed E-state index contributed by atoms with van der Waals surface area (Å²) in [6.07, 6.45) is 0.656. The van der Waals surface area contributed by atoms with Crippen LogP contribution in [0.2, 0.25) is 5.02 Å². The number of carbonyl (C=O) groups is 2. The van der Waals surface area contributed by atoms with Gasteiger partial charge in [-0.1, -0.05) is 84.8 Å². The second-order valence-corrected chi connectivity index (χ2v) is 12.6. The first-order chi connectivity index (χ1) is 20.2. The average Bonchev–Trinajstić information content (AvgIpc) is 3.58. The highest BCUT2D eigenvalue weighted by molar-refractivity contribution is 7.15. The van der Waals surface area contributed by atoms with Gasteiger partial charge in [0.1, 0.15) is 10.6 Å². The number of hydrogen-bond donors (Lipinski definition) is 0. The maximum Gasteiger partial charge on any atom is 0.297 e. The number of halogens is 1. The summed E-state index contributed by atoms with van der Waals surface area (Å²) in [4.78, 5) is 46.7. The zero-order valence-corrected chi connectivity index (χ0v) is 24.6. The molecule has 42 heavy (non-hydrogen) atoms. The Morgan fingerprint density at radius 2 is 1.81 bits per heavy atom. The van der Waals surface area contributed by atoms with Crippen LogP contribution in [-0.2, 0) is 23.3 Å². The van der Waals surface area contributed by atoms with Crippen molar-refractivity contribution in [3.05, 3.63) is 115 Å². The highest BCUT2D eigenvalue weighted by Gasteiger charge is 2.66. The number of aryl methyl sites for hydroxylation is 1. The van der Waals surface area contributed by atoms with Crippen molar-refractivity contribution in [2.75, 3.05) is 9.80 Å². The van der Waals surface area contributed by atoms with Crippen molar-refractivity contribution in [2.24, 2.45) is 5.92 Å². The zero-order chi connectivity index (χ0) is 29.3. The topological polar surface area (TPSA) is 96.6 Å². The Morgan fingerprint density at radius 3 is 2.60 bits per heavy atom. The first-order valence-corrected chi connectivity index (χ1v) is 14.8. The monoisotopic (exact) mass is 596 g/mol. The highest BCUT2D eigenvalue weighted by Crippen LogP contribution is 2.54. The van der Waals surface area contributed by atoms with Gasteiger partial charge in [-0.3, -0.25) is 19.3 Å². The van der Waals surface area contributed by atoms with Crippen LogP contribution >= 0.6 is 22.9 Å². The van der Waals surface area contributed by atoms with Gasteiger partial charge in [0.05, 0.1) is 23.2 Å². The fraction of sp³-hybridized carbons (Fsp3) is 0.219. The molecule has 2 aliphatic heterocycles. The summed E-state index contributed by atoms with van der Waals surface area (Å²) in [6, 6.07) is 19.8. The van der Waals surface area contributed by atoms with Crippen LogP contribution in [0.5, 0.6) is 0 Å². The maximum absolute atomic E-state index is 15.0. The van der Waals surface area contributed by atoms with Gasteiger partial charge < -0.3 is 9.32 Å². The van der Waals surface area contributed by atoms with Crippen molar-refractivity contribution in [1.82, 2.24) is 10.2 Å². The van der Waals surface area contributed by atoms with Gasteiger partial charge in [0, 0.05) is 17.0 Å². The van der Waals surface area contributed by atoms with Gasteiger partial charge >= 0.3 is 0 Å². The van der Waals surface area contributed by atoms with E-state index in [4.69, 9.17) is 16.0 Å². The fourth-order valence-corrected chi connectivity index (χ4v) is 7.33. The number of benzene rings is 3. The van der Waals surface area contributed by atoms with Crippen molar-refractivity contribution < 1.29 is 14.0 Å². The lowest BCUT2D eigenvalue weighted by Crippen LogP contribution is -2.53. The van der Waals surface area contributed by atoms with E-state index in [-0.39, 0.29) is 34.0 Å². The van der Waals surface area contributed by atoms with E-state index < -0.39 is 22.8 Å². The van der Waals surface area contributed by atoms with E-state index in [1.54, 1.807) is 29.2 Å². The molecule has 0 fully saturated rings. The van der Waals surface area contributed by atoms with Crippen LogP contribution in [0.25, 0.3) is 11.0 Å². The zero-order valence-electron chi connectivity index (χ0n) is 23.1. The summed E-state index contributed by atoms with van der Waals surface area (Å²) in [7, 11) is 0. The number of nitrogens with zero attached hydrogens (tertiary/aromatic N) is 4. The molecule has 5 aromatic rings. The molecular weight excluding hydrogens is 572 g/mol. The lowest BCUT2D eigenvalue weighted by atomic mass is 9.84. The number of anilines is 2. The molecule has 2 aliphatic rings. The molecule has 2 amide bonds. The van der Waals surface area contributed by atoms with Crippen LogP contribution in [-0.4, -0.2) is 22.0 Å². The molecule has 0 saturated heterocycles. The molecule has 4 heterocycles. The number of amides is 2. The third kappa shape index (κ3) is 3.77. The molecule has 8 nitrogen and oxygen atoms in total. The molecule has 210 valence electrons. The molecular formula is C32H25ClN4O4S. The van der Waals surface area contributed by atoms with Crippen LogP contribution in [0, 0.1) is 12.8 Å². The number of para-hydroxylation sites is 1. The molecule has 1 atom stereocenters. The van der Waals surface area contributed by atoms with Crippen LogP contribution < -0.4 is 15.2 Å². The van der Waals surface area contributed by atoms with Gasteiger partial charge in [0.15, 0.2) is 11.0 Å². The molecule has 0 radical (unpaired) electrons. The predicted octanol–water partition coefficient (Wildman–Crippen LogP) is 6.26. The van der Waals surface area contributed by atoms with Gasteiger partial charge in [0.25, 0.3) is 11.8 Å². The molecule has 0 saturated carbocycles. The molecule has 0 N–H and O–H groups in total.